The second-order valence-corrected chi connectivity index (χ2v) is 4.82. The zero-order valence-corrected chi connectivity index (χ0v) is 15.0. The fraction of sp³-hybridized carbons (Fsp3) is 0.273. The monoisotopic (exact) mass is 308 g/mol. The Balaban J connectivity index is 0.00000127. The Bertz CT molecular complexity index is 636. The summed E-state index contributed by atoms with van der Waals surface area (Å²) < 4.78 is 5.73. The van der Waals surface area contributed by atoms with Crippen LogP contribution in [0.4, 0.5) is 0 Å². The summed E-state index contributed by atoms with van der Waals surface area (Å²) in [6.45, 7) is 8.19. The number of rotatable bonds is 5. The van der Waals surface area contributed by atoms with Crippen molar-refractivity contribution in [2.45, 2.75) is 34.1 Å². The van der Waals surface area contributed by atoms with Crippen molar-refractivity contribution in [2.75, 3.05) is 7.11 Å². The first-order valence-corrected chi connectivity index (χ1v) is 8.37. The summed E-state index contributed by atoms with van der Waals surface area (Å²) in [5, 5.41) is 0. The van der Waals surface area contributed by atoms with Crippen LogP contribution in [0, 0.1) is 0 Å². The third kappa shape index (κ3) is 4.85. The maximum absolute atomic E-state index is 5.73. The van der Waals surface area contributed by atoms with E-state index in [-0.39, 0.29) is 0 Å². The minimum absolute atomic E-state index is 0.932. The van der Waals surface area contributed by atoms with Gasteiger partial charge in [0.25, 0.3) is 0 Å². The highest BCUT2D eigenvalue weighted by molar-refractivity contribution is 5.84. The molecule has 0 aliphatic heterocycles. The molecule has 0 unspecified atom stereocenters. The van der Waals surface area contributed by atoms with Gasteiger partial charge in [-0.2, -0.15) is 0 Å². The first-order chi connectivity index (χ1) is 11.3. The Morgan fingerprint density at radius 1 is 1.00 bits per heavy atom. The van der Waals surface area contributed by atoms with Gasteiger partial charge in [0.1, 0.15) is 5.75 Å². The van der Waals surface area contributed by atoms with Gasteiger partial charge in [0.2, 0.25) is 0 Å². The van der Waals surface area contributed by atoms with E-state index in [1.807, 2.05) is 26.8 Å². The van der Waals surface area contributed by atoms with E-state index in [4.69, 9.17) is 4.74 Å². The van der Waals surface area contributed by atoms with Gasteiger partial charge >= 0.3 is 0 Å². The van der Waals surface area contributed by atoms with Crippen LogP contribution in [0.3, 0.4) is 0 Å². The van der Waals surface area contributed by atoms with Gasteiger partial charge in [-0.25, -0.2) is 0 Å². The molecule has 23 heavy (non-hydrogen) atoms. The SMILES string of the molecule is C/C=C\C(=C/CC)c1cccc(-c2ccccc2)c1OC.CC. The van der Waals surface area contributed by atoms with Gasteiger partial charge in [-0.1, -0.05) is 87.5 Å². The molecule has 0 aliphatic rings. The molecule has 0 spiro atoms. The highest BCUT2D eigenvalue weighted by Crippen LogP contribution is 2.37. The molecular formula is C22H28O. The Kier molecular flexibility index (Phi) is 8.52. The molecule has 0 bridgehead atoms. The topological polar surface area (TPSA) is 9.23 Å². The van der Waals surface area contributed by atoms with Crippen molar-refractivity contribution in [3.8, 4) is 16.9 Å². The van der Waals surface area contributed by atoms with Gasteiger partial charge in [-0.15, -0.1) is 0 Å². The molecule has 0 saturated carbocycles. The van der Waals surface area contributed by atoms with E-state index in [1.54, 1.807) is 7.11 Å². The zero-order valence-electron chi connectivity index (χ0n) is 15.0. The first kappa shape index (κ1) is 18.8. The largest absolute Gasteiger partial charge is 0.495 e. The van der Waals surface area contributed by atoms with Crippen molar-refractivity contribution < 1.29 is 4.74 Å². The molecule has 2 rings (SSSR count). The van der Waals surface area contributed by atoms with Gasteiger partial charge in [-0.3, -0.25) is 0 Å². The fourth-order valence-corrected chi connectivity index (χ4v) is 2.50. The number of para-hydroxylation sites is 1. The maximum atomic E-state index is 5.73. The summed E-state index contributed by atoms with van der Waals surface area (Å²) in [4.78, 5) is 0. The molecule has 0 aromatic heterocycles. The standard InChI is InChI=1S/C20H22O.C2H6/c1-4-10-16(11-5-2)18-14-9-15-19(20(18)21-3)17-12-7-6-8-13-17;1-2/h4,6-15H,5H2,1-3H3;1-2H3/b10-4-,16-11+;. The molecule has 0 saturated heterocycles. The Morgan fingerprint density at radius 2 is 1.70 bits per heavy atom. The van der Waals surface area contributed by atoms with Crippen LogP contribution in [-0.4, -0.2) is 7.11 Å². The van der Waals surface area contributed by atoms with E-state index in [1.165, 1.54) is 11.1 Å². The molecule has 2 aromatic rings. The molecule has 0 aliphatic carbocycles. The predicted molar refractivity (Wildman–Crippen MR) is 103 cm³/mol. The van der Waals surface area contributed by atoms with Crippen LogP contribution in [-0.2, 0) is 0 Å². The summed E-state index contributed by atoms with van der Waals surface area (Å²) in [6.07, 6.45) is 7.43. The summed E-state index contributed by atoms with van der Waals surface area (Å²) in [7, 11) is 1.74. The van der Waals surface area contributed by atoms with Crippen molar-refractivity contribution in [1.82, 2.24) is 0 Å². The molecule has 0 fully saturated rings. The molecule has 1 heteroatoms. The van der Waals surface area contributed by atoms with E-state index in [0.29, 0.717) is 0 Å². The molecule has 0 N–H and O–H groups in total. The number of hydrogen-bond donors (Lipinski definition) is 0. The summed E-state index contributed by atoms with van der Waals surface area (Å²) in [5.41, 5.74) is 4.64. The van der Waals surface area contributed by atoms with Crippen molar-refractivity contribution in [2.24, 2.45) is 0 Å². The van der Waals surface area contributed by atoms with Crippen LogP contribution < -0.4 is 4.74 Å². The van der Waals surface area contributed by atoms with Crippen LogP contribution in [0.15, 0.2) is 66.8 Å². The van der Waals surface area contributed by atoms with E-state index < -0.39 is 0 Å². The van der Waals surface area contributed by atoms with E-state index in [2.05, 4.69) is 67.6 Å². The minimum Gasteiger partial charge on any atom is -0.495 e. The molecular weight excluding hydrogens is 280 g/mol. The highest BCUT2D eigenvalue weighted by Gasteiger charge is 2.12. The minimum atomic E-state index is 0.932. The third-order valence-electron chi connectivity index (χ3n) is 3.39. The van der Waals surface area contributed by atoms with Crippen LogP contribution in [0.1, 0.15) is 39.7 Å². The van der Waals surface area contributed by atoms with Crippen molar-refractivity contribution in [1.29, 1.82) is 0 Å². The molecule has 1 nitrogen and oxygen atoms in total. The van der Waals surface area contributed by atoms with Crippen molar-refractivity contribution in [3.63, 3.8) is 0 Å². The zero-order chi connectivity index (χ0) is 17.1. The predicted octanol–water partition coefficient (Wildman–Crippen LogP) is 6.76. The summed E-state index contributed by atoms with van der Waals surface area (Å²) >= 11 is 0. The van der Waals surface area contributed by atoms with Crippen molar-refractivity contribution >= 4 is 5.57 Å². The van der Waals surface area contributed by atoms with Crippen molar-refractivity contribution in [3.05, 3.63) is 72.3 Å². The van der Waals surface area contributed by atoms with Gasteiger partial charge in [-0.05, 0) is 24.5 Å². The van der Waals surface area contributed by atoms with Gasteiger partial charge < -0.3 is 4.74 Å². The lowest BCUT2D eigenvalue weighted by molar-refractivity contribution is 0.415. The van der Waals surface area contributed by atoms with Gasteiger partial charge in [0.15, 0.2) is 0 Å². The number of methoxy groups -OCH3 is 1. The smallest absolute Gasteiger partial charge is 0.134 e. The first-order valence-electron chi connectivity index (χ1n) is 8.37. The average molecular weight is 308 g/mol. The average Bonchev–Trinajstić information content (AvgIpc) is 2.63. The number of hydrogen-bond acceptors (Lipinski definition) is 1. The third-order valence-corrected chi connectivity index (χ3v) is 3.39. The lowest BCUT2D eigenvalue weighted by atomic mass is 9.96. The van der Waals surface area contributed by atoms with Crippen LogP contribution in [0.5, 0.6) is 5.75 Å². The molecule has 2 aromatic carbocycles. The second kappa shape index (κ2) is 10.4. The lowest BCUT2D eigenvalue weighted by Gasteiger charge is -2.14. The number of benzene rings is 2. The number of allylic oxidation sites excluding steroid dienone is 4. The Morgan fingerprint density at radius 3 is 2.26 bits per heavy atom. The summed E-state index contributed by atoms with van der Waals surface area (Å²) in [5.74, 6) is 0.932. The normalized spacial score (nSPS) is 11.1. The quantitative estimate of drug-likeness (QED) is 0.554. The maximum Gasteiger partial charge on any atom is 0.134 e. The Hall–Kier alpha value is -2.28. The molecule has 0 atom stereocenters. The number of ether oxygens (including phenoxy) is 1. The van der Waals surface area contributed by atoms with Crippen LogP contribution in [0.25, 0.3) is 16.7 Å². The van der Waals surface area contributed by atoms with E-state index in [0.717, 1.165) is 23.3 Å². The fourth-order valence-electron chi connectivity index (χ4n) is 2.50. The highest BCUT2D eigenvalue weighted by atomic mass is 16.5. The second-order valence-electron chi connectivity index (χ2n) is 4.82. The molecule has 122 valence electrons. The van der Waals surface area contributed by atoms with Crippen LogP contribution in [0.2, 0.25) is 0 Å². The van der Waals surface area contributed by atoms with Gasteiger partial charge in [0, 0.05) is 11.1 Å². The van der Waals surface area contributed by atoms with Crippen LogP contribution >= 0.6 is 0 Å². The lowest BCUT2D eigenvalue weighted by Crippen LogP contribution is -1.94. The Labute approximate surface area is 141 Å². The molecule has 0 heterocycles. The van der Waals surface area contributed by atoms with E-state index >= 15 is 0 Å². The molecule has 0 radical (unpaired) electrons. The van der Waals surface area contributed by atoms with Gasteiger partial charge in [0.05, 0.1) is 7.11 Å². The molecule has 0 amide bonds. The summed E-state index contributed by atoms with van der Waals surface area (Å²) in [6, 6.07) is 16.7. The van der Waals surface area contributed by atoms with E-state index in [9.17, 15) is 0 Å².